The molecule has 2 aromatic carbocycles. The number of nitrogens with one attached hydrogen (secondary N) is 1. The maximum atomic E-state index is 12.8. The summed E-state index contributed by atoms with van der Waals surface area (Å²) in [6, 6.07) is 15.0. The van der Waals surface area contributed by atoms with Crippen molar-refractivity contribution < 1.29 is 14.3 Å². The smallest absolute Gasteiger partial charge is 0.316 e. The first-order valence-corrected chi connectivity index (χ1v) is 11.4. The monoisotopic (exact) mass is 438 g/mol. The van der Waals surface area contributed by atoms with Crippen LogP contribution in [-0.4, -0.2) is 22.2 Å². The number of para-hydroxylation sites is 2. The number of esters is 1. The van der Waals surface area contributed by atoms with E-state index >= 15 is 0 Å². The lowest BCUT2D eigenvalue weighted by molar-refractivity contribution is -0.140. The number of carbonyl (C=O) groups excluding carboxylic acids is 2. The number of thiazole rings is 1. The van der Waals surface area contributed by atoms with Crippen LogP contribution in [0.5, 0.6) is 5.75 Å². The fraction of sp³-hybridized carbons (Fsp3) is 0.227. The van der Waals surface area contributed by atoms with Crippen molar-refractivity contribution in [2.45, 2.75) is 24.4 Å². The Balaban J connectivity index is 1.49. The highest BCUT2D eigenvalue weighted by Gasteiger charge is 2.44. The number of nitrogens with zero attached hydrogens (tertiary/aromatic N) is 1. The number of fused-ring (bicyclic) bond motifs is 5. The molecule has 1 amide bonds. The second-order valence-electron chi connectivity index (χ2n) is 7.34. The number of hydrogen-bond donors (Lipinski definition) is 1. The van der Waals surface area contributed by atoms with Crippen molar-refractivity contribution in [3.63, 3.8) is 0 Å². The van der Waals surface area contributed by atoms with Crippen molar-refractivity contribution in [1.29, 1.82) is 0 Å². The molecule has 152 valence electrons. The van der Waals surface area contributed by atoms with Crippen molar-refractivity contribution in [3.8, 4) is 5.75 Å². The summed E-state index contributed by atoms with van der Waals surface area (Å²) in [6.07, 6.45) is 0. The minimum atomic E-state index is -0.329. The molecule has 0 saturated carbocycles. The number of amides is 1. The molecule has 0 aliphatic carbocycles. The number of thioether (sulfide) groups is 1. The maximum absolute atomic E-state index is 12.8. The van der Waals surface area contributed by atoms with Gasteiger partial charge in [-0.3, -0.25) is 19.0 Å². The third-order valence-corrected chi connectivity index (χ3v) is 7.88. The lowest BCUT2D eigenvalue weighted by Gasteiger charge is -2.34. The molecule has 0 saturated heterocycles. The van der Waals surface area contributed by atoms with Gasteiger partial charge in [0.25, 0.3) is 0 Å². The number of anilines is 1. The number of ether oxygens (including phenoxy) is 1. The van der Waals surface area contributed by atoms with Gasteiger partial charge >= 0.3 is 10.8 Å². The van der Waals surface area contributed by atoms with E-state index in [4.69, 9.17) is 4.74 Å². The molecule has 2 aliphatic rings. The van der Waals surface area contributed by atoms with Crippen LogP contribution in [0.2, 0.25) is 0 Å². The lowest BCUT2D eigenvalue weighted by Crippen LogP contribution is -2.36. The van der Waals surface area contributed by atoms with Crippen molar-refractivity contribution >= 4 is 40.7 Å². The third kappa shape index (κ3) is 3.16. The number of rotatable bonds is 3. The van der Waals surface area contributed by atoms with Gasteiger partial charge in [0, 0.05) is 27.8 Å². The van der Waals surface area contributed by atoms with Crippen LogP contribution in [0.3, 0.4) is 0 Å². The van der Waals surface area contributed by atoms with Crippen LogP contribution in [0.4, 0.5) is 5.69 Å². The number of aromatic nitrogens is 1. The summed E-state index contributed by atoms with van der Waals surface area (Å²) in [5.41, 5.74) is 2.61. The van der Waals surface area contributed by atoms with E-state index in [1.165, 1.54) is 16.3 Å². The summed E-state index contributed by atoms with van der Waals surface area (Å²) < 4.78 is 7.02. The molecule has 3 aromatic rings. The predicted octanol–water partition coefficient (Wildman–Crippen LogP) is 3.63. The van der Waals surface area contributed by atoms with Crippen LogP contribution >= 0.6 is 23.1 Å². The molecular weight excluding hydrogens is 420 g/mol. The minimum Gasteiger partial charge on any atom is -0.426 e. The second kappa shape index (κ2) is 7.45. The van der Waals surface area contributed by atoms with E-state index < -0.39 is 0 Å². The van der Waals surface area contributed by atoms with E-state index in [1.54, 1.807) is 6.07 Å². The Labute approximate surface area is 180 Å². The number of hydrogen-bond acceptors (Lipinski definition) is 6. The van der Waals surface area contributed by atoms with Crippen molar-refractivity contribution in [2.24, 2.45) is 5.92 Å². The molecule has 8 heteroatoms. The maximum Gasteiger partial charge on any atom is 0.316 e. The summed E-state index contributed by atoms with van der Waals surface area (Å²) in [5.74, 6) is 0.00763. The van der Waals surface area contributed by atoms with Crippen molar-refractivity contribution in [1.82, 2.24) is 4.57 Å². The lowest BCUT2D eigenvalue weighted by atomic mass is 9.83. The summed E-state index contributed by atoms with van der Waals surface area (Å²) in [6.45, 7) is 1.86. The van der Waals surface area contributed by atoms with Gasteiger partial charge in [0.1, 0.15) is 12.3 Å². The molecule has 0 bridgehead atoms. The molecular formula is C22H18N2O4S2. The van der Waals surface area contributed by atoms with Crippen LogP contribution < -0.4 is 14.9 Å². The first-order valence-electron chi connectivity index (χ1n) is 9.55. The number of benzene rings is 2. The highest BCUT2D eigenvalue weighted by atomic mass is 32.2. The Morgan fingerprint density at radius 3 is 2.77 bits per heavy atom. The molecule has 2 atom stereocenters. The average molecular weight is 439 g/mol. The molecule has 5 rings (SSSR count). The van der Waals surface area contributed by atoms with Crippen LogP contribution in [0.25, 0.3) is 0 Å². The van der Waals surface area contributed by atoms with Crippen LogP contribution in [0.15, 0.2) is 58.4 Å². The Kier molecular flexibility index (Phi) is 4.75. The first-order chi connectivity index (χ1) is 14.5. The zero-order valence-electron chi connectivity index (χ0n) is 16.1. The van der Waals surface area contributed by atoms with Gasteiger partial charge in [0.05, 0.1) is 10.9 Å². The predicted molar refractivity (Wildman–Crippen MR) is 117 cm³/mol. The summed E-state index contributed by atoms with van der Waals surface area (Å²) >= 11 is 2.56. The Morgan fingerprint density at radius 1 is 1.17 bits per heavy atom. The molecule has 1 aromatic heterocycles. The van der Waals surface area contributed by atoms with Gasteiger partial charge in [0.15, 0.2) is 0 Å². The second-order valence-corrected chi connectivity index (χ2v) is 9.34. The summed E-state index contributed by atoms with van der Waals surface area (Å²) in [4.78, 5) is 38.6. The van der Waals surface area contributed by atoms with Gasteiger partial charge in [-0.05, 0) is 24.6 Å². The van der Waals surface area contributed by atoms with Gasteiger partial charge in [-0.2, -0.15) is 0 Å². The van der Waals surface area contributed by atoms with Crippen LogP contribution in [-0.2, 0) is 16.1 Å². The molecule has 0 spiro atoms. The van der Waals surface area contributed by atoms with Crippen molar-refractivity contribution in [3.05, 3.63) is 74.2 Å². The molecule has 3 heterocycles. The highest BCUT2D eigenvalue weighted by Crippen LogP contribution is 2.50. The fourth-order valence-corrected chi connectivity index (χ4v) is 6.63. The van der Waals surface area contributed by atoms with Gasteiger partial charge < -0.3 is 10.1 Å². The summed E-state index contributed by atoms with van der Waals surface area (Å²) in [5, 5.41) is 3.66. The van der Waals surface area contributed by atoms with E-state index in [0.717, 1.165) is 38.1 Å². The Hall–Kier alpha value is -2.84. The van der Waals surface area contributed by atoms with Crippen LogP contribution in [0, 0.1) is 12.8 Å². The molecule has 0 radical (unpaired) electrons. The van der Waals surface area contributed by atoms with Gasteiger partial charge in [0.2, 0.25) is 5.91 Å². The third-order valence-electron chi connectivity index (χ3n) is 5.45. The molecule has 6 nitrogen and oxygen atoms in total. The fourth-order valence-electron chi connectivity index (χ4n) is 3.96. The average Bonchev–Trinajstić information content (AvgIpc) is 3.05. The largest absolute Gasteiger partial charge is 0.426 e. The van der Waals surface area contributed by atoms with Gasteiger partial charge in [-0.25, -0.2) is 0 Å². The van der Waals surface area contributed by atoms with Crippen molar-refractivity contribution in [2.75, 3.05) is 11.1 Å². The van der Waals surface area contributed by atoms with E-state index in [0.29, 0.717) is 11.5 Å². The molecule has 0 fully saturated rings. The van der Waals surface area contributed by atoms with E-state index in [-0.39, 0.29) is 35.1 Å². The first kappa shape index (κ1) is 19.1. The van der Waals surface area contributed by atoms with Gasteiger partial charge in [-0.1, -0.05) is 47.7 Å². The van der Waals surface area contributed by atoms with Crippen LogP contribution in [0.1, 0.15) is 21.9 Å². The Morgan fingerprint density at radius 2 is 1.93 bits per heavy atom. The van der Waals surface area contributed by atoms with E-state index in [2.05, 4.69) is 5.32 Å². The Bertz CT molecular complexity index is 1230. The normalized spacial score (nSPS) is 19.3. The zero-order chi connectivity index (χ0) is 20.8. The highest BCUT2D eigenvalue weighted by molar-refractivity contribution is 7.99. The molecule has 1 N–H and O–H groups in total. The topological polar surface area (TPSA) is 77.4 Å². The standard InChI is InChI=1S/C22H18N2O4S2/c1-12-6-2-4-8-15(12)23-17(25)10-24-20-19(30-22(24)27)18-13-7-3-5-9-16(13)28-21(26)14(18)11-29-20/h2-9,14,18H,10-11H2,1H3,(H,23,25). The van der Waals surface area contributed by atoms with Gasteiger partial charge in [-0.15, -0.1) is 11.8 Å². The molecule has 30 heavy (non-hydrogen) atoms. The number of carbonyl (C=O) groups is 2. The van der Waals surface area contributed by atoms with E-state index in [1.807, 2.05) is 49.4 Å². The SMILES string of the molecule is Cc1ccccc1NC(=O)Cn1c2c(sc1=O)C1c3ccccc3OC(=O)C1CS2. The summed E-state index contributed by atoms with van der Waals surface area (Å²) in [7, 11) is 0. The van der Waals surface area contributed by atoms with E-state index in [9.17, 15) is 14.4 Å². The molecule has 2 aliphatic heterocycles. The minimum absolute atomic E-state index is 0.0600. The molecule has 2 unspecified atom stereocenters. The quantitative estimate of drug-likeness (QED) is 0.499. The number of aryl methyl sites for hydroxylation is 1. The zero-order valence-corrected chi connectivity index (χ0v) is 17.7.